The van der Waals surface area contributed by atoms with Crippen molar-refractivity contribution in [2.24, 2.45) is 0 Å². The second kappa shape index (κ2) is 7.00. The van der Waals surface area contributed by atoms with Crippen LogP contribution in [0.2, 0.25) is 0 Å². The number of benzene rings is 2. The van der Waals surface area contributed by atoms with Gasteiger partial charge in [-0.3, -0.25) is 0 Å². The zero-order valence-electron chi connectivity index (χ0n) is 16.1. The third-order valence-corrected chi connectivity index (χ3v) is 5.28. The molecule has 0 fully saturated rings. The minimum absolute atomic E-state index is 0. The molecule has 150 valence electrons. The molecular weight excluding hydrogens is 396 g/mol. The number of anilines is 2. The smallest absolute Gasteiger partial charge is 0.347 e. The van der Waals surface area contributed by atoms with Crippen LogP contribution >= 0.6 is 0 Å². The molecule has 29 heavy (non-hydrogen) atoms. The Kier molecular flexibility index (Phi) is 4.62. The third kappa shape index (κ3) is 2.98. The number of pyridine rings is 1. The molecule has 1 aromatic heterocycles. The number of cyclic esters (lactones) is 1. The van der Waals surface area contributed by atoms with Crippen LogP contribution in [0, 0.1) is 13.8 Å². The SMILES string of the molecule is COc1cc(Nc2c3c([nH+]c4cc5c(cc24)OCO5)COC3=O)cc(C)c1C.[Cl-]. The van der Waals surface area contributed by atoms with Crippen molar-refractivity contribution in [1.29, 1.82) is 0 Å². The highest BCUT2D eigenvalue weighted by Crippen LogP contribution is 2.41. The van der Waals surface area contributed by atoms with E-state index >= 15 is 0 Å². The number of fused-ring (bicyclic) bond motifs is 3. The molecule has 3 heterocycles. The molecule has 3 aromatic rings. The number of halogens is 1. The molecule has 2 N–H and O–H groups in total. The Hall–Kier alpha value is -3.19. The molecule has 8 heteroatoms. The lowest BCUT2D eigenvalue weighted by atomic mass is 10.0. The normalized spacial score (nSPS) is 13.7. The first-order chi connectivity index (χ1) is 13.5. The predicted octanol–water partition coefficient (Wildman–Crippen LogP) is 0.426. The van der Waals surface area contributed by atoms with Crippen LogP contribution < -0.4 is 36.9 Å². The minimum Gasteiger partial charge on any atom is -1.00 e. The highest BCUT2D eigenvalue weighted by atomic mass is 35.5. The van der Waals surface area contributed by atoms with E-state index in [-0.39, 0.29) is 31.8 Å². The lowest BCUT2D eigenvalue weighted by Gasteiger charge is -2.14. The Morgan fingerprint density at radius 1 is 1.07 bits per heavy atom. The standard InChI is InChI=1S/C21H18N2O5.ClH/c1-10-4-12(5-16(25-3)11(10)2)22-20-13-6-17-18(28-9-27-17)7-14(13)23-15-8-26-21(24)19(15)20;/h4-7H,8-9H2,1-3H3,(H,22,23);1H. The summed E-state index contributed by atoms with van der Waals surface area (Å²) in [5, 5.41) is 4.23. The van der Waals surface area contributed by atoms with E-state index in [0.29, 0.717) is 22.7 Å². The van der Waals surface area contributed by atoms with E-state index in [2.05, 4.69) is 10.3 Å². The first-order valence-electron chi connectivity index (χ1n) is 8.96. The number of carbonyl (C=O) groups is 1. The van der Waals surface area contributed by atoms with Crippen molar-refractivity contribution >= 4 is 28.2 Å². The average Bonchev–Trinajstić information content (AvgIpc) is 3.29. The molecule has 0 saturated heterocycles. The molecule has 2 aromatic carbocycles. The first-order valence-corrected chi connectivity index (χ1v) is 8.96. The van der Waals surface area contributed by atoms with Crippen molar-refractivity contribution in [3.8, 4) is 17.2 Å². The maximum absolute atomic E-state index is 12.4. The summed E-state index contributed by atoms with van der Waals surface area (Å²) in [4.78, 5) is 15.7. The first kappa shape index (κ1) is 19.1. The lowest BCUT2D eigenvalue weighted by molar-refractivity contribution is -0.360. The predicted molar refractivity (Wildman–Crippen MR) is 101 cm³/mol. The van der Waals surface area contributed by atoms with Gasteiger partial charge in [-0.25, -0.2) is 9.78 Å². The van der Waals surface area contributed by atoms with Gasteiger partial charge in [-0.2, -0.15) is 0 Å². The van der Waals surface area contributed by atoms with Crippen LogP contribution in [0.5, 0.6) is 17.2 Å². The van der Waals surface area contributed by atoms with Crippen LogP contribution in [0.25, 0.3) is 10.9 Å². The number of hydrogen-bond acceptors (Lipinski definition) is 6. The van der Waals surface area contributed by atoms with E-state index in [4.69, 9.17) is 18.9 Å². The fourth-order valence-corrected chi connectivity index (χ4v) is 3.69. The molecule has 0 amide bonds. The van der Waals surface area contributed by atoms with Crippen molar-refractivity contribution in [3.05, 3.63) is 46.6 Å². The Morgan fingerprint density at radius 3 is 2.59 bits per heavy atom. The molecule has 0 radical (unpaired) electrons. The quantitative estimate of drug-likeness (QED) is 0.626. The highest BCUT2D eigenvalue weighted by molar-refractivity contribution is 6.07. The lowest BCUT2D eigenvalue weighted by Crippen LogP contribution is -3.00. The van der Waals surface area contributed by atoms with Crippen LogP contribution in [0.15, 0.2) is 24.3 Å². The maximum Gasteiger partial charge on any atom is 0.347 e. The van der Waals surface area contributed by atoms with Crippen molar-refractivity contribution in [2.45, 2.75) is 20.5 Å². The topological polar surface area (TPSA) is 80.2 Å². The fourth-order valence-electron chi connectivity index (χ4n) is 3.69. The Balaban J connectivity index is 0.00000205. The number of carbonyl (C=O) groups excluding carboxylic acids is 1. The van der Waals surface area contributed by atoms with Gasteiger partial charge < -0.3 is 36.7 Å². The third-order valence-electron chi connectivity index (χ3n) is 5.28. The van der Waals surface area contributed by atoms with Gasteiger partial charge in [0.25, 0.3) is 0 Å². The number of aromatic nitrogens is 1. The van der Waals surface area contributed by atoms with E-state index in [1.807, 2.05) is 38.1 Å². The van der Waals surface area contributed by atoms with Gasteiger partial charge in [-0.15, -0.1) is 0 Å². The summed E-state index contributed by atoms with van der Waals surface area (Å²) in [6.07, 6.45) is 0. The molecule has 0 bridgehead atoms. The van der Waals surface area contributed by atoms with Crippen LogP contribution in [0.1, 0.15) is 27.2 Å². The molecule has 0 saturated carbocycles. The molecule has 0 unspecified atom stereocenters. The molecule has 5 rings (SSSR count). The van der Waals surface area contributed by atoms with Crippen LogP contribution in [-0.4, -0.2) is 19.9 Å². The van der Waals surface area contributed by atoms with Crippen molar-refractivity contribution in [3.63, 3.8) is 0 Å². The second-order valence-corrected chi connectivity index (χ2v) is 6.93. The van der Waals surface area contributed by atoms with E-state index in [9.17, 15) is 4.79 Å². The largest absolute Gasteiger partial charge is 1.00 e. The number of hydrogen-bond donors (Lipinski definition) is 1. The zero-order valence-corrected chi connectivity index (χ0v) is 16.9. The van der Waals surface area contributed by atoms with Gasteiger partial charge in [0, 0.05) is 17.8 Å². The van der Waals surface area contributed by atoms with E-state index in [1.54, 1.807) is 7.11 Å². The van der Waals surface area contributed by atoms with Gasteiger partial charge in [0.2, 0.25) is 18.0 Å². The number of nitrogens with one attached hydrogen (secondary N) is 2. The fraction of sp³-hybridized carbons (Fsp3) is 0.238. The number of ether oxygens (including phenoxy) is 4. The minimum atomic E-state index is -0.357. The van der Waals surface area contributed by atoms with Crippen molar-refractivity contribution in [2.75, 3.05) is 19.2 Å². The van der Waals surface area contributed by atoms with Gasteiger partial charge in [0.05, 0.1) is 24.2 Å². The van der Waals surface area contributed by atoms with E-state index < -0.39 is 0 Å². The van der Waals surface area contributed by atoms with Gasteiger partial charge in [0.1, 0.15) is 5.75 Å². The van der Waals surface area contributed by atoms with Crippen LogP contribution in [0.4, 0.5) is 11.4 Å². The molecule has 2 aliphatic rings. The van der Waals surface area contributed by atoms with Crippen molar-refractivity contribution < 1.29 is 41.1 Å². The molecule has 7 nitrogen and oxygen atoms in total. The highest BCUT2D eigenvalue weighted by Gasteiger charge is 2.34. The van der Waals surface area contributed by atoms with Gasteiger partial charge >= 0.3 is 5.97 Å². The molecule has 0 atom stereocenters. The Labute approximate surface area is 173 Å². The Bertz CT molecular complexity index is 1160. The number of rotatable bonds is 3. The molecular formula is C21H19ClN2O5. The van der Waals surface area contributed by atoms with Gasteiger partial charge in [-0.1, -0.05) is 0 Å². The van der Waals surface area contributed by atoms with Crippen molar-refractivity contribution in [1.82, 2.24) is 0 Å². The summed E-state index contributed by atoms with van der Waals surface area (Å²) >= 11 is 0. The molecule has 2 aliphatic heterocycles. The summed E-state index contributed by atoms with van der Waals surface area (Å²) < 4.78 is 21.8. The van der Waals surface area contributed by atoms with Crippen LogP contribution in [-0.2, 0) is 11.3 Å². The van der Waals surface area contributed by atoms with Gasteiger partial charge in [0.15, 0.2) is 23.7 Å². The van der Waals surface area contributed by atoms with E-state index in [0.717, 1.165) is 39.2 Å². The maximum atomic E-state index is 12.4. The second-order valence-electron chi connectivity index (χ2n) is 6.93. The Morgan fingerprint density at radius 2 is 1.83 bits per heavy atom. The summed E-state index contributed by atoms with van der Waals surface area (Å²) in [6.45, 7) is 4.44. The number of methoxy groups -OCH3 is 1. The summed E-state index contributed by atoms with van der Waals surface area (Å²) in [6, 6.07) is 7.71. The molecule has 0 aliphatic carbocycles. The summed E-state index contributed by atoms with van der Waals surface area (Å²) in [5.74, 6) is 1.75. The zero-order chi connectivity index (χ0) is 19.4. The number of aromatic amines is 1. The van der Waals surface area contributed by atoms with Crippen LogP contribution in [0.3, 0.4) is 0 Å². The average molecular weight is 415 g/mol. The van der Waals surface area contributed by atoms with E-state index in [1.165, 1.54) is 0 Å². The summed E-state index contributed by atoms with van der Waals surface area (Å²) in [5.41, 5.74) is 5.73. The number of H-pyrrole nitrogens is 1. The molecule has 0 spiro atoms. The monoisotopic (exact) mass is 414 g/mol. The number of aryl methyl sites for hydroxylation is 1. The van der Waals surface area contributed by atoms with Gasteiger partial charge in [-0.05, 0) is 31.0 Å². The summed E-state index contributed by atoms with van der Waals surface area (Å²) in [7, 11) is 1.65. The number of esters is 1.